The minimum Gasteiger partial charge on any atom is -0.422 e. The van der Waals surface area contributed by atoms with Gasteiger partial charge in [-0.15, -0.1) is 0 Å². The van der Waals surface area contributed by atoms with E-state index in [0.29, 0.717) is 16.5 Å². The van der Waals surface area contributed by atoms with E-state index in [4.69, 9.17) is 4.42 Å². The molecular formula is C16H11FO2. The molecule has 0 saturated heterocycles. The summed E-state index contributed by atoms with van der Waals surface area (Å²) in [5, 5.41) is 0.624. The molecule has 0 bridgehead atoms. The van der Waals surface area contributed by atoms with Crippen LogP contribution in [0.15, 0.2) is 57.7 Å². The second-order valence-corrected chi connectivity index (χ2v) is 4.40. The number of benzene rings is 2. The summed E-state index contributed by atoms with van der Waals surface area (Å²) in [6.45, 7) is 1.81. The molecule has 0 fully saturated rings. The van der Waals surface area contributed by atoms with Crippen molar-refractivity contribution in [3.63, 3.8) is 0 Å². The van der Waals surface area contributed by atoms with E-state index in [-0.39, 0.29) is 5.82 Å². The van der Waals surface area contributed by atoms with E-state index in [1.807, 2.05) is 30.3 Å². The summed E-state index contributed by atoms with van der Waals surface area (Å²) in [4.78, 5) is 12.1. The van der Waals surface area contributed by atoms with Gasteiger partial charge in [0.2, 0.25) is 0 Å². The Balaban J connectivity index is 2.40. The van der Waals surface area contributed by atoms with Crippen molar-refractivity contribution in [2.45, 2.75) is 6.92 Å². The summed E-state index contributed by atoms with van der Waals surface area (Å²) in [5.41, 5.74) is 2.00. The van der Waals surface area contributed by atoms with E-state index in [2.05, 4.69) is 0 Å². The van der Waals surface area contributed by atoms with Gasteiger partial charge < -0.3 is 4.42 Å². The van der Waals surface area contributed by atoms with Crippen molar-refractivity contribution in [1.82, 2.24) is 0 Å². The lowest BCUT2D eigenvalue weighted by Crippen LogP contribution is -2.06. The van der Waals surface area contributed by atoms with Crippen molar-refractivity contribution in [2.24, 2.45) is 0 Å². The fourth-order valence-corrected chi connectivity index (χ4v) is 2.26. The minimum atomic E-state index is -0.400. The molecule has 3 aromatic rings. The Morgan fingerprint density at radius 2 is 1.79 bits per heavy atom. The molecule has 0 aliphatic heterocycles. The largest absolute Gasteiger partial charge is 0.422 e. The highest BCUT2D eigenvalue weighted by Crippen LogP contribution is 2.26. The molecule has 0 unspecified atom stereocenters. The van der Waals surface area contributed by atoms with E-state index in [1.54, 1.807) is 6.92 Å². The van der Waals surface area contributed by atoms with Gasteiger partial charge in [0.15, 0.2) is 0 Å². The Morgan fingerprint density at radius 1 is 1.05 bits per heavy atom. The van der Waals surface area contributed by atoms with Gasteiger partial charge in [-0.05, 0) is 36.2 Å². The van der Waals surface area contributed by atoms with Gasteiger partial charge in [0.05, 0.1) is 5.56 Å². The second kappa shape index (κ2) is 4.35. The van der Waals surface area contributed by atoms with Gasteiger partial charge in [-0.2, -0.15) is 0 Å². The first-order valence-electron chi connectivity index (χ1n) is 5.95. The van der Waals surface area contributed by atoms with Crippen LogP contribution >= 0.6 is 0 Å². The molecule has 0 spiro atoms. The lowest BCUT2D eigenvalue weighted by molar-refractivity contribution is 0.560. The lowest BCUT2D eigenvalue weighted by atomic mass is 10.00. The second-order valence-electron chi connectivity index (χ2n) is 4.40. The van der Waals surface area contributed by atoms with Crippen LogP contribution in [0, 0.1) is 12.7 Å². The third-order valence-electron chi connectivity index (χ3n) is 3.19. The van der Waals surface area contributed by atoms with E-state index in [1.165, 1.54) is 18.2 Å². The zero-order valence-electron chi connectivity index (χ0n) is 10.3. The van der Waals surface area contributed by atoms with E-state index in [9.17, 15) is 9.18 Å². The average Bonchev–Trinajstić information content (AvgIpc) is 2.41. The molecule has 3 heteroatoms. The Labute approximate surface area is 109 Å². The molecule has 0 radical (unpaired) electrons. The number of fused-ring (bicyclic) bond motifs is 1. The molecule has 0 aliphatic rings. The highest BCUT2D eigenvalue weighted by Gasteiger charge is 2.13. The van der Waals surface area contributed by atoms with Crippen LogP contribution in [-0.4, -0.2) is 0 Å². The van der Waals surface area contributed by atoms with E-state index < -0.39 is 5.63 Å². The molecule has 94 valence electrons. The number of hydrogen-bond acceptors (Lipinski definition) is 2. The van der Waals surface area contributed by atoms with Crippen LogP contribution in [0.4, 0.5) is 4.39 Å². The Morgan fingerprint density at radius 3 is 2.53 bits per heavy atom. The molecule has 2 aromatic carbocycles. The van der Waals surface area contributed by atoms with Gasteiger partial charge in [0.1, 0.15) is 11.4 Å². The van der Waals surface area contributed by atoms with Crippen molar-refractivity contribution in [2.75, 3.05) is 0 Å². The van der Waals surface area contributed by atoms with Gasteiger partial charge in [0.25, 0.3) is 0 Å². The van der Waals surface area contributed by atoms with Gasteiger partial charge in [-0.1, -0.05) is 30.3 Å². The zero-order chi connectivity index (χ0) is 13.4. The van der Waals surface area contributed by atoms with Gasteiger partial charge in [-0.3, -0.25) is 0 Å². The Kier molecular flexibility index (Phi) is 2.67. The SMILES string of the molecule is Cc1c(-c2ccccc2)c(=O)oc2ccc(F)cc12. The Bertz CT molecular complexity index is 804. The minimum absolute atomic E-state index is 0.344. The predicted molar refractivity (Wildman–Crippen MR) is 72.6 cm³/mol. The predicted octanol–water partition coefficient (Wildman–Crippen LogP) is 3.91. The summed E-state index contributed by atoms with van der Waals surface area (Å²) < 4.78 is 18.6. The molecule has 0 atom stereocenters. The first-order chi connectivity index (χ1) is 9.16. The smallest absolute Gasteiger partial charge is 0.344 e. The molecule has 3 rings (SSSR count). The summed E-state index contributed by atoms with van der Waals surface area (Å²) in [6.07, 6.45) is 0. The van der Waals surface area contributed by atoms with Crippen LogP contribution in [-0.2, 0) is 0 Å². The Hall–Kier alpha value is -2.42. The molecule has 1 heterocycles. The quantitative estimate of drug-likeness (QED) is 0.616. The maximum atomic E-state index is 13.3. The number of hydrogen-bond donors (Lipinski definition) is 0. The third-order valence-corrected chi connectivity index (χ3v) is 3.19. The topological polar surface area (TPSA) is 30.2 Å². The first-order valence-corrected chi connectivity index (χ1v) is 5.95. The van der Waals surface area contributed by atoms with Crippen LogP contribution in [0.5, 0.6) is 0 Å². The maximum absolute atomic E-state index is 13.3. The summed E-state index contributed by atoms with van der Waals surface area (Å²) >= 11 is 0. The van der Waals surface area contributed by atoms with Crippen LogP contribution in [0.1, 0.15) is 5.56 Å². The van der Waals surface area contributed by atoms with Crippen molar-refractivity contribution >= 4 is 11.0 Å². The highest BCUT2D eigenvalue weighted by molar-refractivity contribution is 5.86. The standard InChI is InChI=1S/C16H11FO2/c1-10-13-9-12(17)7-8-14(13)19-16(18)15(10)11-5-3-2-4-6-11/h2-9H,1H3. The number of halogens is 1. The monoisotopic (exact) mass is 254 g/mol. The molecule has 1 aromatic heterocycles. The summed E-state index contributed by atoms with van der Waals surface area (Å²) in [5.74, 6) is -0.344. The lowest BCUT2D eigenvalue weighted by Gasteiger charge is -2.07. The van der Waals surface area contributed by atoms with Crippen molar-refractivity contribution < 1.29 is 8.81 Å². The summed E-state index contributed by atoms with van der Waals surface area (Å²) in [7, 11) is 0. The molecule has 0 aliphatic carbocycles. The number of rotatable bonds is 1. The first kappa shape index (κ1) is 11.7. The number of aryl methyl sites for hydroxylation is 1. The van der Waals surface area contributed by atoms with Gasteiger partial charge >= 0.3 is 5.63 Å². The van der Waals surface area contributed by atoms with Crippen molar-refractivity contribution in [3.8, 4) is 11.1 Å². The highest BCUT2D eigenvalue weighted by atomic mass is 19.1. The van der Waals surface area contributed by atoms with Crippen LogP contribution in [0.2, 0.25) is 0 Å². The molecule has 0 amide bonds. The van der Waals surface area contributed by atoms with Crippen molar-refractivity contribution in [3.05, 3.63) is 70.3 Å². The maximum Gasteiger partial charge on any atom is 0.344 e. The van der Waals surface area contributed by atoms with Crippen LogP contribution in [0.25, 0.3) is 22.1 Å². The molecule has 19 heavy (non-hydrogen) atoms. The van der Waals surface area contributed by atoms with Gasteiger partial charge in [-0.25, -0.2) is 9.18 Å². The normalized spacial score (nSPS) is 10.8. The summed E-state index contributed by atoms with van der Waals surface area (Å²) in [6, 6.07) is 13.4. The molecule has 2 nitrogen and oxygen atoms in total. The van der Waals surface area contributed by atoms with E-state index in [0.717, 1.165) is 11.1 Å². The van der Waals surface area contributed by atoms with E-state index >= 15 is 0 Å². The fraction of sp³-hybridized carbons (Fsp3) is 0.0625. The average molecular weight is 254 g/mol. The van der Waals surface area contributed by atoms with Crippen LogP contribution < -0.4 is 5.63 Å². The molecular weight excluding hydrogens is 243 g/mol. The molecule has 0 N–H and O–H groups in total. The molecule has 0 saturated carbocycles. The van der Waals surface area contributed by atoms with Crippen LogP contribution in [0.3, 0.4) is 0 Å². The van der Waals surface area contributed by atoms with Crippen molar-refractivity contribution in [1.29, 1.82) is 0 Å². The third kappa shape index (κ3) is 1.93. The van der Waals surface area contributed by atoms with Gasteiger partial charge in [0, 0.05) is 5.39 Å². The fourth-order valence-electron chi connectivity index (χ4n) is 2.26. The zero-order valence-corrected chi connectivity index (χ0v) is 10.3.